The summed E-state index contributed by atoms with van der Waals surface area (Å²) < 4.78 is 22.4. The Labute approximate surface area is 172 Å². The van der Waals surface area contributed by atoms with E-state index in [2.05, 4.69) is 25.9 Å². The van der Waals surface area contributed by atoms with Crippen LogP contribution in [0.5, 0.6) is 0 Å². The van der Waals surface area contributed by atoms with Crippen molar-refractivity contribution in [2.75, 3.05) is 30.9 Å². The van der Waals surface area contributed by atoms with Crippen LogP contribution >= 0.6 is 24.0 Å². The number of pyridine rings is 1. The summed E-state index contributed by atoms with van der Waals surface area (Å²) in [5.41, 5.74) is 0.837. The summed E-state index contributed by atoms with van der Waals surface area (Å²) in [5.74, 6) is 1.03. The Balaban J connectivity index is 0.00000625. The molecule has 0 bridgehead atoms. The van der Waals surface area contributed by atoms with Gasteiger partial charge in [-0.25, -0.2) is 13.4 Å². The molecule has 0 aliphatic rings. The van der Waals surface area contributed by atoms with Crippen molar-refractivity contribution in [1.82, 2.24) is 15.6 Å². The molecule has 1 heterocycles. The first kappa shape index (κ1) is 24.6. The van der Waals surface area contributed by atoms with Crippen molar-refractivity contribution in [2.24, 2.45) is 4.99 Å². The van der Waals surface area contributed by atoms with Gasteiger partial charge in [0.25, 0.3) is 0 Å². The smallest absolute Gasteiger partial charge is 0.227 e. The molecule has 0 spiro atoms. The molecule has 0 aliphatic heterocycles. The molecule has 1 rings (SSSR count). The third kappa shape index (κ3) is 11.2. The first-order chi connectivity index (χ1) is 11.7. The van der Waals surface area contributed by atoms with Gasteiger partial charge in [-0.05, 0) is 32.4 Å². The molecule has 10 heteroatoms. The van der Waals surface area contributed by atoms with Gasteiger partial charge in [-0.3, -0.25) is 9.79 Å². The number of nitrogens with zero attached hydrogens (tertiary/aromatic N) is 2. The maximum absolute atomic E-state index is 11.9. The standard InChI is InChI=1S/C16H27N5O3S.HI/c1-12-6-5-7-14(19-12)21-15(22)8-10-18-16(17-3)20-13(2)9-11-25(4,23)24;/h5-7,13H,8-11H2,1-4H3,(H2,17,18,20)(H,19,21,22);1H. The zero-order valence-electron chi connectivity index (χ0n) is 15.6. The summed E-state index contributed by atoms with van der Waals surface area (Å²) in [4.78, 5) is 20.2. The van der Waals surface area contributed by atoms with E-state index in [0.29, 0.717) is 24.7 Å². The van der Waals surface area contributed by atoms with Crippen molar-refractivity contribution in [1.29, 1.82) is 0 Å². The van der Waals surface area contributed by atoms with Crippen LogP contribution in [0.3, 0.4) is 0 Å². The molecule has 1 unspecified atom stereocenters. The number of carbonyl (C=O) groups excluding carboxylic acids is 1. The fourth-order valence-electron chi connectivity index (χ4n) is 2.00. The fraction of sp³-hybridized carbons (Fsp3) is 0.562. The molecule has 0 saturated heterocycles. The number of halogens is 1. The zero-order chi connectivity index (χ0) is 18.9. The van der Waals surface area contributed by atoms with E-state index in [0.717, 1.165) is 5.69 Å². The third-order valence-electron chi connectivity index (χ3n) is 3.33. The fourth-order valence-corrected chi connectivity index (χ4v) is 2.79. The summed E-state index contributed by atoms with van der Waals surface area (Å²) in [6, 6.07) is 5.38. The minimum absolute atomic E-state index is 0. The molecule has 1 aromatic rings. The molecule has 0 aromatic carbocycles. The Kier molecular flexibility index (Phi) is 11.4. The Bertz CT molecular complexity index is 710. The van der Waals surface area contributed by atoms with Gasteiger partial charge in [0.05, 0.1) is 5.75 Å². The summed E-state index contributed by atoms with van der Waals surface area (Å²) in [7, 11) is -1.36. The van der Waals surface area contributed by atoms with E-state index in [-0.39, 0.29) is 48.1 Å². The van der Waals surface area contributed by atoms with Crippen molar-refractivity contribution >= 4 is 51.5 Å². The topological polar surface area (TPSA) is 113 Å². The maximum atomic E-state index is 11.9. The SMILES string of the molecule is CN=C(NCCC(=O)Nc1cccc(C)n1)NC(C)CCS(C)(=O)=O.I. The van der Waals surface area contributed by atoms with Gasteiger partial charge in [0.1, 0.15) is 15.7 Å². The number of anilines is 1. The Morgan fingerprint density at radius 3 is 2.62 bits per heavy atom. The van der Waals surface area contributed by atoms with E-state index in [4.69, 9.17) is 0 Å². The molecule has 0 aliphatic carbocycles. The van der Waals surface area contributed by atoms with Gasteiger partial charge in [0.15, 0.2) is 5.96 Å². The summed E-state index contributed by atoms with van der Waals surface area (Å²) in [6.07, 6.45) is 1.96. The monoisotopic (exact) mass is 497 g/mol. The maximum Gasteiger partial charge on any atom is 0.227 e. The third-order valence-corrected chi connectivity index (χ3v) is 4.31. The van der Waals surface area contributed by atoms with Crippen molar-refractivity contribution in [3.05, 3.63) is 23.9 Å². The van der Waals surface area contributed by atoms with Gasteiger partial charge >= 0.3 is 0 Å². The van der Waals surface area contributed by atoms with E-state index in [1.54, 1.807) is 13.1 Å². The van der Waals surface area contributed by atoms with Crippen LogP contribution in [-0.4, -0.2) is 56.9 Å². The lowest BCUT2D eigenvalue weighted by molar-refractivity contribution is -0.116. The average molecular weight is 497 g/mol. The lowest BCUT2D eigenvalue weighted by atomic mass is 10.3. The average Bonchev–Trinajstić information content (AvgIpc) is 2.51. The molecule has 1 atom stereocenters. The quantitative estimate of drug-likeness (QED) is 0.284. The highest BCUT2D eigenvalue weighted by Gasteiger charge is 2.10. The van der Waals surface area contributed by atoms with Gasteiger partial charge in [-0.2, -0.15) is 0 Å². The second-order valence-corrected chi connectivity index (χ2v) is 8.19. The van der Waals surface area contributed by atoms with Crippen LogP contribution in [0, 0.1) is 6.92 Å². The molecule has 26 heavy (non-hydrogen) atoms. The molecular formula is C16H28IN5O3S. The van der Waals surface area contributed by atoms with Crippen molar-refractivity contribution in [3.63, 3.8) is 0 Å². The van der Waals surface area contributed by atoms with Gasteiger partial charge in [-0.1, -0.05) is 6.07 Å². The van der Waals surface area contributed by atoms with Crippen LogP contribution in [-0.2, 0) is 14.6 Å². The summed E-state index contributed by atoms with van der Waals surface area (Å²) in [5, 5.41) is 8.87. The highest BCUT2D eigenvalue weighted by atomic mass is 127. The van der Waals surface area contributed by atoms with E-state index >= 15 is 0 Å². The van der Waals surface area contributed by atoms with Crippen molar-refractivity contribution in [3.8, 4) is 0 Å². The Morgan fingerprint density at radius 1 is 1.35 bits per heavy atom. The number of amides is 1. The number of aromatic nitrogens is 1. The lowest BCUT2D eigenvalue weighted by Crippen LogP contribution is -2.43. The van der Waals surface area contributed by atoms with Crippen LogP contribution < -0.4 is 16.0 Å². The summed E-state index contributed by atoms with van der Waals surface area (Å²) in [6.45, 7) is 4.14. The van der Waals surface area contributed by atoms with Crippen LogP contribution in [0.4, 0.5) is 5.82 Å². The highest BCUT2D eigenvalue weighted by Crippen LogP contribution is 2.04. The minimum atomic E-state index is -2.98. The number of guanidine groups is 1. The molecule has 0 saturated carbocycles. The highest BCUT2D eigenvalue weighted by molar-refractivity contribution is 14.0. The predicted molar refractivity (Wildman–Crippen MR) is 116 cm³/mol. The van der Waals surface area contributed by atoms with Gasteiger partial charge in [0.2, 0.25) is 5.91 Å². The zero-order valence-corrected chi connectivity index (χ0v) is 18.7. The molecule has 3 N–H and O–H groups in total. The van der Waals surface area contributed by atoms with Crippen LogP contribution in [0.25, 0.3) is 0 Å². The summed E-state index contributed by atoms with van der Waals surface area (Å²) >= 11 is 0. The number of hydrogen-bond donors (Lipinski definition) is 3. The van der Waals surface area contributed by atoms with E-state index in [9.17, 15) is 13.2 Å². The van der Waals surface area contributed by atoms with Crippen molar-refractivity contribution < 1.29 is 13.2 Å². The molecule has 0 fully saturated rings. The molecule has 8 nitrogen and oxygen atoms in total. The second-order valence-electron chi connectivity index (χ2n) is 5.93. The normalized spacial score (nSPS) is 12.7. The van der Waals surface area contributed by atoms with Gasteiger partial charge in [-0.15, -0.1) is 24.0 Å². The van der Waals surface area contributed by atoms with Gasteiger partial charge < -0.3 is 16.0 Å². The minimum Gasteiger partial charge on any atom is -0.356 e. The number of aryl methyl sites for hydroxylation is 1. The number of hydrogen-bond acceptors (Lipinski definition) is 5. The Hall–Kier alpha value is -1.43. The number of sulfone groups is 1. The number of aliphatic imine (C=N–C) groups is 1. The lowest BCUT2D eigenvalue weighted by Gasteiger charge is -2.17. The van der Waals surface area contributed by atoms with E-state index < -0.39 is 9.84 Å². The molecule has 1 amide bonds. The predicted octanol–water partition coefficient (Wildman–Crippen LogP) is 1.32. The van der Waals surface area contributed by atoms with Crippen LogP contribution in [0.2, 0.25) is 0 Å². The number of carbonyl (C=O) groups is 1. The first-order valence-electron chi connectivity index (χ1n) is 8.08. The van der Waals surface area contributed by atoms with Crippen LogP contribution in [0.1, 0.15) is 25.5 Å². The van der Waals surface area contributed by atoms with Gasteiger partial charge in [0, 0.05) is 38.0 Å². The van der Waals surface area contributed by atoms with E-state index in [1.165, 1.54) is 6.26 Å². The van der Waals surface area contributed by atoms with Crippen LogP contribution in [0.15, 0.2) is 23.2 Å². The molecule has 0 radical (unpaired) electrons. The number of nitrogens with one attached hydrogen (secondary N) is 3. The van der Waals surface area contributed by atoms with E-state index in [1.807, 2.05) is 26.0 Å². The molecule has 148 valence electrons. The molecular weight excluding hydrogens is 469 g/mol. The first-order valence-corrected chi connectivity index (χ1v) is 10.1. The number of rotatable bonds is 8. The second kappa shape index (κ2) is 12.0. The molecule has 1 aromatic heterocycles. The Morgan fingerprint density at radius 2 is 2.04 bits per heavy atom. The largest absolute Gasteiger partial charge is 0.356 e. The van der Waals surface area contributed by atoms with Crippen molar-refractivity contribution in [2.45, 2.75) is 32.7 Å².